The van der Waals surface area contributed by atoms with E-state index in [-0.39, 0.29) is 17.9 Å². The number of hydrogen-bond donors (Lipinski definition) is 3. The van der Waals surface area contributed by atoms with E-state index in [0.29, 0.717) is 6.04 Å². The quantitative estimate of drug-likeness (QED) is 0.602. The molecule has 1 aliphatic carbocycles. The molecule has 1 aliphatic heterocycles. The van der Waals surface area contributed by atoms with Crippen LogP contribution >= 0.6 is 0 Å². The first-order valence-electron chi connectivity index (χ1n) is 7.13. The molecule has 0 bridgehead atoms. The summed E-state index contributed by atoms with van der Waals surface area (Å²) < 4.78 is 0. The maximum Gasteiger partial charge on any atom is 0.242 e. The number of carbonyl (C=O) groups is 2. The minimum atomic E-state index is -0.460. The molecule has 2 atom stereocenters. The fourth-order valence-corrected chi connectivity index (χ4v) is 2.19. The first kappa shape index (κ1) is 14.3. The molecule has 6 heteroatoms. The van der Waals surface area contributed by atoms with Crippen molar-refractivity contribution in [3.8, 4) is 0 Å². The van der Waals surface area contributed by atoms with Gasteiger partial charge in [0.25, 0.3) is 0 Å². The number of amides is 2. The Balaban J connectivity index is 1.76. The summed E-state index contributed by atoms with van der Waals surface area (Å²) in [4.78, 5) is 26.0. The lowest BCUT2D eigenvalue weighted by atomic mass is 10.2. The molecule has 108 valence electrons. The Morgan fingerprint density at radius 2 is 1.79 bits per heavy atom. The second kappa shape index (κ2) is 6.34. The van der Waals surface area contributed by atoms with Crippen LogP contribution in [-0.2, 0) is 9.59 Å². The third kappa shape index (κ3) is 4.18. The molecular weight excluding hydrogens is 244 g/mol. The molecule has 0 spiro atoms. The van der Waals surface area contributed by atoms with Crippen LogP contribution in [0.25, 0.3) is 0 Å². The van der Waals surface area contributed by atoms with Crippen LogP contribution in [0, 0.1) is 0 Å². The summed E-state index contributed by atoms with van der Waals surface area (Å²) in [6, 6.07) is -0.311. The van der Waals surface area contributed by atoms with E-state index in [1.165, 1.54) is 0 Å². The van der Waals surface area contributed by atoms with Crippen molar-refractivity contribution in [1.82, 2.24) is 20.9 Å². The normalized spacial score (nSPS) is 23.5. The van der Waals surface area contributed by atoms with Crippen LogP contribution in [0.15, 0.2) is 0 Å². The van der Waals surface area contributed by atoms with Gasteiger partial charge in [-0.25, -0.2) is 0 Å². The topological polar surface area (TPSA) is 73.5 Å². The van der Waals surface area contributed by atoms with Crippen molar-refractivity contribution in [3.05, 3.63) is 0 Å². The third-order valence-corrected chi connectivity index (χ3v) is 3.75. The lowest BCUT2D eigenvalue weighted by Gasteiger charge is -2.32. The summed E-state index contributed by atoms with van der Waals surface area (Å²) in [6.07, 6.45) is 2.12. The molecule has 1 saturated heterocycles. The highest BCUT2D eigenvalue weighted by Crippen LogP contribution is 2.18. The Kier molecular flexibility index (Phi) is 4.76. The summed E-state index contributed by atoms with van der Waals surface area (Å²) >= 11 is 0. The lowest BCUT2D eigenvalue weighted by Crippen LogP contribution is -2.55. The average molecular weight is 268 g/mol. The number of rotatable bonds is 5. The molecule has 2 amide bonds. The van der Waals surface area contributed by atoms with Crippen molar-refractivity contribution in [3.63, 3.8) is 0 Å². The molecule has 3 N–H and O–H groups in total. The Morgan fingerprint density at radius 3 is 2.37 bits per heavy atom. The van der Waals surface area contributed by atoms with Gasteiger partial charge in [-0.1, -0.05) is 0 Å². The van der Waals surface area contributed by atoms with E-state index < -0.39 is 6.04 Å². The summed E-state index contributed by atoms with van der Waals surface area (Å²) in [7, 11) is 0. The highest BCUT2D eigenvalue weighted by atomic mass is 16.2. The van der Waals surface area contributed by atoms with Gasteiger partial charge in [0, 0.05) is 32.2 Å². The summed E-state index contributed by atoms with van der Waals surface area (Å²) in [5, 5.41) is 8.96. The van der Waals surface area contributed by atoms with Gasteiger partial charge in [-0.15, -0.1) is 0 Å². The molecule has 1 saturated carbocycles. The van der Waals surface area contributed by atoms with Crippen molar-refractivity contribution in [2.24, 2.45) is 0 Å². The van der Waals surface area contributed by atoms with Crippen LogP contribution in [0.1, 0.15) is 26.7 Å². The number of piperazine rings is 1. The first-order valence-corrected chi connectivity index (χ1v) is 7.13. The average Bonchev–Trinajstić information content (AvgIpc) is 3.22. The Hall–Kier alpha value is -1.14. The molecule has 2 rings (SSSR count). The molecule has 0 aromatic carbocycles. The number of nitrogens with one attached hydrogen (secondary N) is 3. The van der Waals surface area contributed by atoms with Gasteiger partial charge in [0.05, 0.1) is 6.04 Å². The van der Waals surface area contributed by atoms with Crippen LogP contribution in [0.5, 0.6) is 0 Å². The highest BCUT2D eigenvalue weighted by molar-refractivity contribution is 5.89. The fourth-order valence-electron chi connectivity index (χ4n) is 2.19. The van der Waals surface area contributed by atoms with Gasteiger partial charge in [0.2, 0.25) is 11.8 Å². The zero-order chi connectivity index (χ0) is 13.8. The first-order chi connectivity index (χ1) is 9.08. The molecule has 1 heterocycles. The largest absolute Gasteiger partial charge is 0.352 e. The second-order valence-electron chi connectivity index (χ2n) is 5.48. The predicted molar refractivity (Wildman–Crippen MR) is 72.7 cm³/mol. The summed E-state index contributed by atoms with van der Waals surface area (Å²) in [5.74, 6) is -0.149. The highest BCUT2D eigenvalue weighted by Gasteiger charge is 2.28. The smallest absolute Gasteiger partial charge is 0.242 e. The van der Waals surface area contributed by atoms with Gasteiger partial charge in [-0.05, 0) is 26.7 Å². The zero-order valence-electron chi connectivity index (χ0n) is 11.7. The van der Waals surface area contributed by atoms with Gasteiger partial charge in [-0.3, -0.25) is 14.5 Å². The van der Waals surface area contributed by atoms with E-state index >= 15 is 0 Å². The molecule has 2 fully saturated rings. The minimum Gasteiger partial charge on any atom is -0.352 e. The Bertz CT molecular complexity index is 338. The number of carbonyl (C=O) groups excluding carboxylic acids is 2. The fraction of sp³-hybridized carbons (Fsp3) is 0.846. The van der Waals surface area contributed by atoms with Crippen molar-refractivity contribution >= 4 is 11.8 Å². The molecule has 0 radical (unpaired) electrons. The van der Waals surface area contributed by atoms with Crippen molar-refractivity contribution < 1.29 is 9.59 Å². The predicted octanol–water partition coefficient (Wildman–Crippen LogP) is -0.937. The molecule has 2 aliphatic rings. The monoisotopic (exact) mass is 268 g/mol. The van der Waals surface area contributed by atoms with E-state index in [0.717, 1.165) is 39.0 Å². The van der Waals surface area contributed by atoms with Crippen LogP contribution in [0.3, 0.4) is 0 Å². The van der Waals surface area contributed by atoms with E-state index in [4.69, 9.17) is 0 Å². The Morgan fingerprint density at radius 1 is 1.16 bits per heavy atom. The number of hydrogen-bond acceptors (Lipinski definition) is 4. The third-order valence-electron chi connectivity index (χ3n) is 3.75. The van der Waals surface area contributed by atoms with Gasteiger partial charge in [-0.2, -0.15) is 0 Å². The second-order valence-corrected chi connectivity index (χ2v) is 5.48. The van der Waals surface area contributed by atoms with Crippen molar-refractivity contribution in [2.75, 3.05) is 26.2 Å². The maximum absolute atomic E-state index is 12.1. The van der Waals surface area contributed by atoms with Crippen LogP contribution < -0.4 is 16.0 Å². The lowest BCUT2D eigenvalue weighted by molar-refractivity contribution is -0.131. The summed E-state index contributed by atoms with van der Waals surface area (Å²) in [6.45, 7) is 7.20. The standard InChI is InChI=1S/C13H24N4O2/c1-9(12(18)16-11-3-4-11)15-13(19)10(2)17-7-5-14-6-8-17/h9-11,14H,3-8H2,1-2H3,(H,15,19)(H,16,18). The molecule has 19 heavy (non-hydrogen) atoms. The number of nitrogens with zero attached hydrogens (tertiary/aromatic N) is 1. The molecule has 0 aromatic rings. The summed E-state index contributed by atoms with van der Waals surface area (Å²) in [5.41, 5.74) is 0. The molecular formula is C13H24N4O2. The van der Waals surface area contributed by atoms with Gasteiger partial charge in [0.1, 0.15) is 6.04 Å². The van der Waals surface area contributed by atoms with E-state index in [2.05, 4.69) is 20.9 Å². The van der Waals surface area contributed by atoms with E-state index in [1.54, 1.807) is 6.92 Å². The van der Waals surface area contributed by atoms with Gasteiger partial charge >= 0.3 is 0 Å². The SMILES string of the molecule is CC(NC(=O)C(C)N1CCNCC1)C(=O)NC1CC1. The van der Waals surface area contributed by atoms with E-state index in [9.17, 15) is 9.59 Å². The molecule has 2 unspecified atom stereocenters. The van der Waals surface area contributed by atoms with Crippen molar-refractivity contribution in [1.29, 1.82) is 0 Å². The van der Waals surface area contributed by atoms with Crippen LogP contribution in [-0.4, -0.2) is 61.0 Å². The van der Waals surface area contributed by atoms with Crippen LogP contribution in [0.4, 0.5) is 0 Å². The van der Waals surface area contributed by atoms with Gasteiger partial charge < -0.3 is 16.0 Å². The van der Waals surface area contributed by atoms with E-state index in [1.807, 2.05) is 6.92 Å². The Labute approximate surface area is 114 Å². The minimum absolute atomic E-state index is 0.0691. The van der Waals surface area contributed by atoms with Crippen LogP contribution in [0.2, 0.25) is 0 Å². The maximum atomic E-state index is 12.1. The zero-order valence-corrected chi connectivity index (χ0v) is 11.7. The molecule has 0 aromatic heterocycles. The molecule has 6 nitrogen and oxygen atoms in total. The van der Waals surface area contributed by atoms with Crippen molar-refractivity contribution in [2.45, 2.75) is 44.8 Å². The van der Waals surface area contributed by atoms with Gasteiger partial charge in [0.15, 0.2) is 0 Å².